The zero-order chi connectivity index (χ0) is 9.42. The van der Waals surface area contributed by atoms with Gasteiger partial charge >= 0.3 is 0 Å². The zero-order valence-electron chi connectivity index (χ0n) is 7.09. The molecule has 0 aliphatic heterocycles. The van der Waals surface area contributed by atoms with Crippen molar-refractivity contribution in [1.29, 1.82) is 0 Å². The van der Waals surface area contributed by atoms with Gasteiger partial charge in [0.2, 0.25) is 0 Å². The number of carbonyl (C=O) groups is 1. The van der Waals surface area contributed by atoms with E-state index in [1.807, 2.05) is 18.2 Å². The van der Waals surface area contributed by atoms with E-state index < -0.39 is 0 Å². The quantitative estimate of drug-likeness (QED) is 0.816. The van der Waals surface area contributed by atoms with Crippen molar-refractivity contribution >= 4 is 21.7 Å². The Bertz CT molecular complexity index is 362. The smallest absolute Gasteiger partial charge is 0.163 e. The van der Waals surface area contributed by atoms with E-state index in [1.165, 1.54) is 0 Å². The van der Waals surface area contributed by atoms with Gasteiger partial charge < -0.3 is 5.73 Å². The van der Waals surface area contributed by atoms with Gasteiger partial charge in [0.15, 0.2) is 5.78 Å². The predicted octanol–water partition coefficient (Wildman–Crippen LogP) is 2.08. The molecule has 0 radical (unpaired) electrons. The van der Waals surface area contributed by atoms with Gasteiger partial charge in [-0.05, 0) is 24.2 Å². The van der Waals surface area contributed by atoms with Crippen LogP contribution in [0.15, 0.2) is 22.7 Å². The molecule has 1 aliphatic carbocycles. The summed E-state index contributed by atoms with van der Waals surface area (Å²) in [7, 11) is 0. The first-order chi connectivity index (χ1) is 6.22. The number of carbonyl (C=O) groups excluding carboxylic acids is 1. The molecule has 0 fully saturated rings. The molecule has 0 saturated carbocycles. The lowest BCUT2D eigenvalue weighted by Gasteiger charge is -2.06. The van der Waals surface area contributed by atoms with Crippen LogP contribution in [0.2, 0.25) is 0 Å². The summed E-state index contributed by atoms with van der Waals surface area (Å²) in [6.07, 6.45) is 0.572. The highest BCUT2D eigenvalue weighted by atomic mass is 79.9. The normalized spacial score (nSPS) is 20.5. The third kappa shape index (κ3) is 1.42. The van der Waals surface area contributed by atoms with Crippen molar-refractivity contribution in [1.82, 2.24) is 0 Å². The van der Waals surface area contributed by atoms with E-state index in [4.69, 9.17) is 5.73 Å². The Morgan fingerprint density at radius 3 is 3.00 bits per heavy atom. The summed E-state index contributed by atoms with van der Waals surface area (Å²) >= 11 is 3.39. The lowest BCUT2D eigenvalue weighted by molar-refractivity contribution is 0.0989. The van der Waals surface area contributed by atoms with Crippen molar-refractivity contribution in [2.45, 2.75) is 12.3 Å². The summed E-state index contributed by atoms with van der Waals surface area (Å²) in [4.78, 5) is 11.5. The number of halogens is 1. The molecule has 1 aliphatic rings. The number of rotatable bonds is 1. The fourth-order valence-electron chi connectivity index (χ4n) is 1.78. The molecular weight excluding hydrogens is 230 g/mol. The van der Waals surface area contributed by atoms with Crippen LogP contribution in [-0.4, -0.2) is 12.3 Å². The summed E-state index contributed by atoms with van der Waals surface area (Å²) in [5, 5.41) is 0. The van der Waals surface area contributed by atoms with Crippen molar-refractivity contribution in [3.63, 3.8) is 0 Å². The Morgan fingerprint density at radius 1 is 1.54 bits per heavy atom. The highest BCUT2D eigenvalue weighted by Crippen LogP contribution is 2.33. The van der Waals surface area contributed by atoms with Crippen LogP contribution in [0.1, 0.15) is 28.3 Å². The van der Waals surface area contributed by atoms with Crippen LogP contribution in [0.4, 0.5) is 0 Å². The summed E-state index contributed by atoms with van der Waals surface area (Å²) in [5.74, 6) is 0.443. The molecular formula is C10H10BrNO. The maximum absolute atomic E-state index is 11.5. The van der Waals surface area contributed by atoms with Gasteiger partial charge in [-0.3, -0.25) is 4.79 Å². The van der Waals surface area contributed by atoms with Crippen molar-refractivity contribution in [3.8, 4) is 0 Å². The van der Waals surface area contributed by atoms with Crippen LogP contribution in [0.25, 0.3) is 0 Å². The Kier molecular flexibility index (Phi) is 2.22. The van der Waals surface area contributed by atoms with Gasteiger partial charge in [-0.2, -0.15) is 0 Å². The molecule has 2 N–H and O–H groups in total. The van der Waals surface area contributed by atoms with Gasteiger partial charge in [0.25, 0.3) is 0 Å². The molecule has 0 spiro atoms. The topological polar surface area (TPSA) is 43.1 Å². The summed E-state index contributed by atoms with van der Waals surface area (Å²) < 4.78 is 1.01. The number of ketones is 1. The molecule has 2 rings (SSSR count). The zero-order valence-corrected chi connectivity index (χ0v) is 8.67. The molecule has 1 aromatic rings. The predicted molar refractivity (Wildman–Crippen MR) is 54.9 cm³/mol. The molecule has 68 valence electrons. The monoisotopic (exact) mass is 239 g/mol. The lowest BCUT2D eigenvalue weighted by atomic mass is 10.0. The van der Waals surface area contributed by atoms with E-state index in [0.29, 0.717) is 13.0 Å². The highest BCUT2D eigenvalue weighted by Gasteiger charge is 2.27. The molecule has 1 atom stereocenters. The van der Waals surface area contributed by atoms with E-state index in [-0.39, 0.29) is 11.7 Å². The van der Waals surface area contributed by atoms with Crippen LogP contribution in [0, 0.1) is 0 Å². The second-order valence-corrected chi connectivity index (χ2v) is 4.21. The van der Waals surface area contributed by atoms with Crippen LogP contribution in [-0.2, 0) is 0 Å². The Balaban J connectivity index is 2.52. The van der Waals surface area contributed by atoms with Gasteiger partial charge in [0.05, 0.1) is 0 Å². The minimum Gasteiger partial charge on any atom is -0.330 e. The van der Waals surface area contributed by atoms with Gasteiger partial charge in [-0.1, -0.05) is 22.0 Å². The number of hydrogen-bond donors (Lipinski definition) is 1. The maximum Gasteiger partial charge on any atom is 0.163 e. The number of benzene rings is 1. The minimum absolute atomic E-state index is 0.220. The van der Waals surface area contributed by atoms with E-state index in [2.05, 4.69) is 15.9 Å². The van der Waals surface area contributed by atoms with Gasteiger partial charge in [0.1, 0.15) is 0 Å². The van der Waals surface area contributed by atoms with Crippen molar-refractivity contribution in [2.24, 2.45) is 5.73 Å². The van der Waals surface area contributed by atoms with E-state index >= 15 is 0 Å². The lowest BCUT2D eigenvalue weighted by Crippen LogP contribution is -2.09. The van der Waals surface area contributed by atoms with Crippen molar-refractivity contribution in [3.05, 3.63) is 33.8 Å². The van der Waals surface area contributed by atoms with Gasteiger partial charge in [0, 0.05) is 22.4 Å². The molecule has 0 bridgehead atoms. The first-order valence-corrected chi connectivity index (χ1v) is 5.04. The minimum atomic E-state index is 0.220. The van der Waals surface area contributed by atoms with Crippen LogP contribution >= 0.6 is 15.9 Å². The third-order valence-corrected chi connectivity index (χ3v) is 2.96. The number of fused-ring (bicyclic) bond motifs is 1. The SMILES string of the molecule is NCC1CC(=O)c2ccc(Br)cc21. The maximum atomic E-state index is 11.5. The average Bonchev–Trinajstić information content (AvgIpc) is 2.42. The molecule has 1 unspecified atom stereocenters. The first-order valence-electron chi connectivity index (χ1n) is 4.25. The second-order valence-electron chi connectivity index (χ2n) is 3.29. The molecule has 0 amide bonds. The molecule has 0 heterocycles. The first kappa shape index (κ1) is 8.91. The largest absolute Gasteiger partial charge is 0.330 e. The fraction of sp³-hybridized carbons (Fsp3) is 0.300. The Hall–Kier alpha value is -0.670. The highest BCUT2D eigenvalue weighted by molar-refractivity contribution is 9.10. The summed E-state index contributed by atoms with van der Waals surface area (Å²) in [6, 6.07) is 5.77. The van der Waals surface area contributed by atoms with E-state index in [1.54, 1.807) is 0 Å². The van der Waals surface area contributed by atoms with Gasteiger partial charge in [-0.15, -0.1) is 0 Å². The molecule has 3 heteroatoms. The Morgan fingerprint density at radius 2 is 2.31 bits per heavy atom. The van der Waals surface area contributed by atoms with Crippen LogP contribution < -0.4 is 5.73 Å². The molecule has 2 nitrogen and oxygen atoms in total. The van der Waals surface area contributed by atoms with Crippen LogP contribution in [0.5, 0.6) is 0 Å². The summed E-state index contributed by atoms with van der Waals surface area (Å²) in [6.45, 7) is 0.551. The third-order valence-electron chi connectivity index (χ3n) is 2.47. The Labute approximate surface area is 85.3 Å². The van der Waals surface area contributed by atoms with E-state index in [0.717, 1.165) is 15.6 Å². The fourth-order valence-corrected chi connectivity index (χ4v) is 2.16. The standard InChI is InChI=1S/C10H10BrNO/c11-7-1-2-8-9(4-7)6(5-12)3-10(8)13/h1-2,4,6H,3,5,12H2. The van der Waals surface area contributed by atoms with Gasteiger partial charge in [-0.25, -0.2) is 0 Å². The molecule has 0 saturated heterocycles. The number of Topliss-reactive ketones (excluding diaryl/α,β-unsaturated/α-hetero) is 1. The average molecular weight is 240 g/mol. The summed E-state index contributed by atoms with van der Waals surface area (Å²) in [5.41, 5.74) is 7.54. The molecule has 0 aromatic heterocycles. The molecule has 13 heavy (non-hydrogen) atoms. The number of hydrogen-bond acceptors (Lipinski definition) is 2. The van der Waals surface area contributed by atoms with Crippen molar-refractivity contribution < 1.29 is 4.79 Å². The molecule has 1 aromatic carbocycles. The number of nitrogens with two attached hydrogens (primary N) is 1. The van der Waals surface area contributed by atoms with Crippen molar-refractivity contribution in [2.75, 3.05) is 6.54 Å². The van der Waals surface area contributed by atoms with Crippen LogP contribution in [0.3, 0.4) is 0 Å². The van der Waals surface area contributed by atoms with E-state index in [9.17, 15) is 4.79 Å². The second kappa shape index (κ2) is 3.24.